The van der Waals surface area contributed by atoms with Gasteiger partial charge in [0.15, 0.2) is 0 Å². The minimum atomic E-state index is -0.927. The Morgan fingerprint density at radius 2 is 2.00 bits per heavy atom. The molecule has 0 radical (unpaired) electrons. The summed E-state index contributed by atoms with van der Waals surface area (Å²) < 4.78 is 14.3. The quantitative estimate of drug-likeness (QED) is 0.841. The number of carbonyl (C=O) groups is 3. The summed E-state index contributed by atoms with van der Waals surface area (Å²) in [6, 6.07) is 3.90. The van der Waals surface area contributed by atoms with Crippen molar-refractivity contribution in [2.45, 2.75) is 33.6 Å². The number of halogens is 1. The third-order valence-electron chi connectivity index (χ3n) is 4.38. The van der Waals surface area contributed by atoms with Gasteiger partial charge in [-0.3, -0.25) is 14.4 Å². The maximum absolute atomic E-state index is 14.3. The van der Waals surface area contributed by atoms with Gasteiger partial charge in [-0.2, -0.15) is 0 Å². The summed E-state index contributed by atoms with van der Waals surface area (Å²) >= 11 is 0. The lowest BCUT2D eigenvalue weighted by atomic mass is 9.90. The van der Waals surface area contributed by atoms with Crippen LogP contribution in [0.5, 0.6) is 0 Å². The molecule has 2 unspecified atom stereocenters. The lowest BCUT2D eigenvalue weighted by molar-refractivity contribution is -0.143. The van der Waals surface area contributed by atoms with Gasteiger partial charge >= 0.3 is 5.97 Å². The summed E-state index contributed by atoms with van der Waals surface area (Å²) in [5.74, 6) is -2.69. The van der Waals surface area contributed by atoms with Gasteiger partial charge in [-0.25, -0.2) is 4.39 Å². The zero-order valence-corrected chi connectivity index (χ0v) is 15.3. The summed E-state index contributed by atoms with van der Waals surface area (Å²) in [7, 11) is 0. The predicted octanol–water partition coefficient (Wildman–Crippen LogP) is 2.99. The summed E-state index contributed by atoms with van der Waals surface area (Å²) in [5.41, 5.74) is 0.172. The number of nitrogens with zero attached hydrogens (tertiary/aromatic N) is 1. The van der Waals surface area contributed by atoms with E-state index in [2.05, 4.69) is 5.32 Å². The van der Waals surface area contributed by atoms with E-state index in [4.69, 9.17) is 0 Å². The van der Waals surface area contributed by atoms with Crippen molar-refractivity contribution in [1.82, 2.24) is 4.90 Å². The molecule has 1 saturated heterocycles. The number of hydrogen-bond acceptors (Lipinski definition) is 3. The fraction of sp³-hybridized carbons (Fsp3) is 0.526. The molecule has 7 heteroatoms. The third kappa shape index (κ3) is 5.03. The highest BCUT2D eigenvalue weighted by atomic mass is 19.1. The number of rotatable bonds is 5. The largest absolute Gasteiger partial charge is 0.481 e. The van der Waals surface area contributed by atoms with E-state index in [0.29, 0.717) is 13.0 Å². The number of anilines is 1. The molecule has 2 rings (SSSR count). The number of aliphatic carboxylic acids is 1. The van der Waals surface area contributed by atoms with E-state index in [1.54, 1.807) is 0 Å². The van der Waals surface area contributed by atoms with Gasteiger partial charge in [0.25, 0.3) is 5.91 Å². The van der Waals surface area contributed by atoms with Gasteiger partial charge in [-0.05, 0) is 36.5 Å². The highest BCUT2D eigenvalue weighted by Gasteiger charge is 2.32. The summed E-state index contributed by atoms with van der Waals surface area (Å²) in [6.07, 6.45) is 0.802. The zero-order valence-electron chi connectivity index (χ0n) is 15.3. The molecule has 1 aromatic rings. The first kappa shape index (κ1) is 19.9. The molecule has 1 aromatic carbocycles. The number of amides is 2. The minimum Gasteiger partial charge on any atom is -0.481 e. The molecule has 1 heterocycles. The van der Waals surface area contributed by atoms with Crippen molar-refractivity contribution in [1.29, 1.82) is 0 Å². The molecule has 2 N–H and O–H groups in total. The topological polar surface area (TPSA) is 86.7 Å². The number of hydrogen-bond donors (Lipinski definition) is 2. The fourth-order valence-electron chi connectivity index (χ4n) is 3.20. The Morgan fingerprint density at radius 3 is 2.58 bits per heavy atom. The highest BCUT2D eigenvalue weighted by molar-refractivity contribution is 5.96. The van der Waals surface area contributed by atoms with E-state index in [0.717, 1.165) is 6.07 Å². The van der Waals surface area contributed by atoms with Gasteiger partial charge in [-0.15, -0.1) is 0 Å². The standard InChI is InChI=1S/C19H25FN2O4/c1-11(2)6-17(23)21-16-5-4-13(8-15(16)20)18(24)22-9-12(3)7-14(10-22)19(25)26/h4-5,8,11-12,14H,6-7,9-10H2,1-3H3,(H,21,23)(H,25,26). The number of piperidine rings is 1. The summed E-state index contributed by atoms with van der Waals surface area (Å²) in [4.78, 5) is 37.1. The van der Waals surface area contributed by atoms with Crippen molar-refractivity contribution in [2.24, 2.45) is 17.8 Å². The van der Waals surface area contributed by atoms with Crippen molar-refractivity contribution in [3.63, 3.8) is 0 Å². The highest BCUT2D eigenvalue weighted by Crippen LogP contribution is 2.24. The van der Waals surface area contributed by atoms with Crippen LogP contribution in [0.3, 0.4) is 0 Å². The Kier molecular flexibility index (Phi) is 6.34. The Labute approximate surface area is 152 Å². The molecular weight excluding hydrogens is 339 g/mol. The number of benzene rings is 1. The maximum atomic E-state index is 14.3. The van der Waals surface area contributed by atoms with E-state index < -0.39 is 23.6 Å². The van der Waals surface area contributed by atoms with Crippen LogP contribution in [-0.4, -0.2) is 40.9 Å². The van der Waals surface area contributed by atoms with E-state index in [9.17, 15) is 23.9 Å². The van der Waals surface area contributed by atoms with Crippen molar-refractivity contribution in [2.75, 3.05) is 18.4 Å². The average molecular weight is 364 g/mol. The molecule has 0 bridgehead atoms. The minimum absolute atomic E-state index is 0.0302. The van der Waals surface area contributed by atoms with Crippen LogP contribution in [0, 0.1) is 23.6 Å². The number of carbonyl (C=O) groups excluding carboxylic acids is 2. The van der Waals surface area contributed by atoms with Crippen molar-refractivity contribution < 1.29 is 23.9 Å². The second-order valence-electron chi connectivity index (χ2n) is 7.43. The third-order valence-corrected chi connectivity index (χ3v) is 4.38. The van der Waals surface area contributed by atoms with Gasteiger partial charge in [-0.1, -0.05) is 20.8 Å². The van der Waals surface area contributed by atoms with E-state index in [-0.39, 0.29) is 42.0 Å². The molecule has 0 spiro atoms. The second-order valence-corrected chi connectivity index (χ2v) is 7.43. The Bertz CT molecular complexity index is 705. The first-order valence-electron chi connectivity index (χ1n) is 8.78. The Balaban J connectivity index is 2.11. The van der Waals surface area contributed by atoms with Gasteiger partial charge in [0.05, 0.1) is 11.6 Å². The van der Waals surface area contributed by atoms with Crippen molar-refractivity contribution in [3.8, 4) is 0 Å². The van der Waals surface area contributed by atoms with E-state index in [1.807, 2.05) is 20.8 Å². The van der Waals surface area contributed by atoms with Crippen LogP contribution in [0.4, 0.5) is 10.1 Å². The summed E-state index contributed by atoms with van der Waals surface area (Å²) in [5, 5.41) is 11.7. The molecule has 1 aliphatic heterocycles. The van der Waals surface area contributed by atoms with Gasteiger partial charge in [0, 0.05) is 25.1 Å². The monoisotopic (exact) mass is 364 g/mol. The van der Waals surface area contributed by atoms with Gasteiger partial charge < -0.3 is 15.3 Å². The first-order valence-corrected chi connectivity index (χ1v) is 8.78. The van der Waals surface area contributed by atoms with Crippen LogP contribution >= 0.6 is 0 Å². The molecule has 0 aliphatic carbocycles. The normalized spacial score (nSPS) is 20.1. The average Bonchev–Trinajstić information content (AvgIpc) is 2.54. The van der Waals surface area contributed by atoms with Gasteiger partial charge in [0.1, 0.15) is 5.82 Å². The lowest BCUT2D eigenvalue weighted by Gasteiger charge is -2.34. The van der Waals surface area contributed by atoms with E-state index >= 15 is 0 Å². The molecule has 2 atom stereocenters. The van der Waals surface area contributed by atoms with Crippen LogP contribution in [0.2, 0.25) is 0 Å². The molecule has 142 valence electrons. The molecule has 6 nitrogen and oxygen atoms in total. The van der Waals surface area contributed by atoms with Crippen LogP contribution in [0.25, 0.3) is 0 Å². The maximum Gasteiger partial charge on any atom is 0.308 e. The number of nitrogens with one attached hydrogen (secondary N) is 1. The van der Waals surface area contributed by atoms with Gasteiger partial charge in [0.2, 0.25) is 5.91 Å². The smallest absolute Gasteiger partial charge is 0.308 e. The SMILES string of the molecule is CC(C)CC(=O)Nc1ccc(C(=O)N2CC(C)CC(C(=O)O)C2)cc1F. The van der Waals surface area contributed by atoms with Crippen LogP contribution in [0.15, 0.2) is 18.2 Å². The molecule has 26 heavy (non-hydrogen) atoms. The molecule has 1 aliphatic rings. The number of likely N-dealkylation sites (tertiary alicyclic amines) is 1. The molecule has 0 saturated carbocycles. The lowest BCUT2D eigenvalue weighted by Crippen LogP contribution is -2.45. The number of carboxylic acids is 1. The van der Waals surface area contributed by atoms with Crippen molar-refractivity contribution in [3.05, 3.63) is 29.6 Å². The van der Waals surface area contributed by atoms with Crippen LogP contribution in [0.1, 0.15) is 44.0 Å². The zero-order chi connectivity index (χ0) is 19.4. The molecule has 0 aromatic heterocycles. The fourth-order valence-corrected chi connectivity index (χ4v) is 3.20. The van der Waals surface area contributed by atoms with Crippen LogP contribution in [-0.2, 0) is 9.59 Å². The first-order chi connectivity index (χ1) is 12.2. The second kappa shape index (κ2) is 8.29. The molecule has 1 fully saturated rings. The predicted molar refractivity (Wildman–Crippen MR) is 95.3 cm³/mol. The Hall–Kier alpha value is -2.44. The van der Waals surface area contributed by atoms with E-state index in [1.165, 1.54) is 17.0 Å². The molecular formula is C19H25FN2O4. The number of carboxylic acid groups (broad SMARTS) is 1. The Morgan fingerprint density at radius 1 is 1.31 bits per heavy atom. The van der Waals surface area contributed by atoms with Crippen LogP contribution < -0.4 is 5.32 Å². The molecule has 2 amide bonds. The summed E-state index contributed by atoms with van der Waals surface area (Å²) in [6.45, 7) is 6.23. The van der Waals surface area contributed by atoms with Crippen molar-refractivity contribution >= 4 is 23.5 Å².